The third kappa shape index (κ3) is 3.70. The predicted octanol–water partition coefficient (Wildman–Crippen LogP) is -0.415. The first-order valence-electron chi connectivity index (χ1n) is 4.63. The fraction of sp³-hybridized carbons (Fsp3) is 0.625. The van der Waals surface area contributed by atoms with Crippen LogP contribution in [-0.4, -0.2) is 54.8 Å². The molecule has 16 heavy (non-hydrogen) atoms. The van der Waals surface area contributed by atoms with Gasteiger partial charge in [-0.1, -0.05) is 11.8 Å². The molecule has 1 heterocycles. The maximum absolute atomic E-state index is 11.2. The Morgan fingerprint density at radius 1 is 1.50 bits per heavy atom. The molecule has 0 aromatic carbocycles. The lowest BCUT2D eigenvalue weighted by molar-refractivity contribution is -0.124. The number of carbonyl (C=O) groups excluding carboxylic acids is 3. The van der Waals surface area contributed by atoms with Crippen molar-refractivity contribution in [3.05, 3.63) is 0 Å². The van der Waals surface area contributed by atoms with Gasteiger partial charge in [0.2, 0.25) is 5.91 Å². The summed E-state index contributed by atoms with van der Waals surface area (Å²) < 4.78 is 4.63. The lowest BCUT2D eigenvalue weighted by Gasteiger charge is -2.13. The van der Waals surface area contributed by atoms with Crippen LogP contribution in [0.15, 0.2) is 0 Å². The van der Waals surface area contributed by atoms with E-state index in [4.69, 9.17) is 0 Å². The topological polar surface area (TPSA) is 87.7 Å². The van der Waals surface area contributed by atoms with E-state index in [0.29, 0.717) is 0 Å². The van der Waals surface area contributed by atoms with E-state index in [0.717, 1.165) is 16.7 Å². The van der Waals surface area contributed by atoms with Gasteiger partial charge < -0.3 is 15.4 Å². The molecule has 1 fully saturated rings. The quantitative estimate of drug-likeness (QED) is 0.644. The van der Waals surface area contributed by atoms with Crippen LogP contribution in [0.1, 0.15) is 0 Å². The van der Waals surface area contributed by atoms with Gasteiger partial charge in [0.1, 0.15) is 6.73 Å². The smallest absolute Gasteiger partial charge is 0.316 e. The Labute approximate surface area is 96.9 Å². The molecule has 1 aliphatic heterocycles. The zero-order valence-corrected chi connectivity index (χ0v) is 9.63. The largest absolute Gasteiger partial charge is 0.364 e. The van der Waals surface area contributed by atoms with Crippen LogP contribution in [0.2, 0.25) is 0 Å². The Balaban J connectivity index is 2.17. The number of methoxy groups -OCH3 is 1. The van der Waals surface area contributed by atoms with E-state index < -0.39 is 6.03 Å². The molecular formula is C8H13N3O4S. The average molecular weight is 247 g/mol. The fourth-order valence-electron chi connectivity index (χ4n) is 1.08. The molecule has 0 radical (unpaired) electrons. The van der Waals surface area contributed by atoms with Crippen molar-refractivity contribution >= 4 is 28.9 Å². The Kier molecular flexibility index (Phi) is 5.06. The summed E-state index contributed by atoms with van der Waals surface area (Å²) in [5.74, 6) is -0.0246. The zero-order valence-electron chi connectivity index (χ0n) is 8.82. The molecule has 90 valence electrons. The standard InChI is InChI=1S/C8H13N3O4S/c1-15-5-10-7(13)9-2-3-11-6(12)4-16-8(11)14/h2-5H2,1H3,(H2,9,10,13). The van der Waals surface area contributed by atoms with Crippen LogP contribution in [0.5, 0.6) is 0 Å². The number of urea groups is 1. The van der Waals surface area contributed by atoms with Crippen molar-refractivity contribution in [3.63, 3.8) is 0 Å². The van der Waals surface area contributed by atoms with Crippen molar-refractivity contribution in [1.29, 1.82) is 0 Å². The Morgan fingerprint density at radius 2 is 2.25 bits per heavy atom. The van der Waals surface area contributed by atoms with Gasteiger partial charge in [-0.05, 0) is 0 Å². The number of nitrogens with one attached hydrogen (secondary N) is 2. The van der Waals surface area contributed by atoms with Crippen molar-refractivity contribution in [2.75, 3.05) is 32.7 Å². The van der Waals surface area contributed by atoms with E-state index in [1.165, 1.54) is 7.11 Å². The molecule has 0 atom stereocenters. The van der Waals surface area contributed by atoms with E-state index in [1.807, 2.05) is 0 Å². The minimum absolute atomic E-state index is 0.114. The summed E-state index contributed by atoms with van der Waals surface area (Å²) in [5, 5.41) is 4.65. The molecule has 7 nitrogen and oxygen atoms in total. The minimum Gasteiger partial charge on any atom is -0.364 e. The van der Waals surface area contributed by atoms with Gasteiger partial charge in [-0.2, -0.15) is 0 Å². The van der Waals surface area contributed by atoms with Crippen LogP contribution >= 0.6 is 11.8 Å². The molecule has 0 bridgehead atoms. The summed E-state index contributed by atoms with van der Waals surface area (Å²) in [6.45, 7) is 0.544. The third-order valence-corrected chi connectivity index (χ3v) is 2.70. The summed E-state index contributed by atoms with van der Waals surface area (Å²) >= 11 is 0.975. The number of carbonyl (C=O) groups is 3. The molecule has 1 saturated heterocycles. The SMILES string of the molecule is COCNC(=O)NCCN1C(=O)CSC1=O. The highest BCUT2D eigenvalue weighted by Crippen LogP contribution is 2.17. The molecule has 0 aromatic heterocycles. The summed E-state index contributed by atoms with van der Waals surface area (Å²) in [5.41, 5.74) is 0. The van der Waals surface area contributed by atoms with Gasteiger partial charge >= 0.3 is 6.03 Å². The number of thioether (sulfide) groups is 1. The predicted molar refractivity (Wildman–Crippen MR) is 58.0 cm³/mol. The van der Waals surface area contributed by atoms with Gasteiger partial charge in [0, 0.05) is 20.2 Å². The Hall–Kier alpha value is -1.28. The van der Waals surface area contributed by atoms with Crippen molar-refractivity contribution in [2.24, 2.45) is 0 Å². The fourth-order valence-corrected chi connectivity index (χ4v) is 1.83. The molecule has 0 aliphatic carbocycles. The van der Waals surface area contributed by atoms with E-state index in [2.05, 4.69) is 15.4 Å². The summed E-state index contributed by atoms with van der Waals surface area (Å²) in [6.07, 6.45) is 0. The van der Waals surface area contributed by atoms with Gasteiger partial charge in [0.25, 0.3) is 5.24 Å². The molecule has 0 spiro atoms. The van der Waals surface area contributed by atoms with E-state index in [1.54, 1.807) is 0 Å². The first kappa shape index (κ1) is 12.8. The second-order valence-electron chi connectivity index (χ2n) is 2.97. The minimum atomic E-state index is -0.395. The van der Waals surface area contributed by atoms with Gasteiger partial charge in [0.05, 0.1) is 5.75 Å². The van der Waals surface area contributed by atoms with Crippen LogP contribution in [0.25, 0.3) is 0 Å². The highest BCUT2D eigenvalue weighted by molar-refractivity contribution is 8.14. The van der Waals surface area contributed by atoms with Gasteiger partial charge in [-0.15, -0.1) is 0 Å². The molecule has 0 unspecified atom stereocenters. The van der Waals surface area contributed by atoms with E-state index in [9.17, 15) is 14.4 Å². The zero-order chi connectivity index (χ0) is 12.0. The number of imide groups is 1. The van der Waals surface area contributed by atoms with Crippen LogP contribution in [-0.2, 0) is 9.53 Å². The molecule has 0 aromatic rings. The van der Waals surface area contributed by atoms with Crippen molar-refractivity contribution in [2.45, 2.75) is 0 Å². The maximum atomic E-state index is 11.2. The highest BCUT2D eigenvalue weighted by Gasteiger charge is 2.29. The first-order chi connectivity index (χ1) is 7.65. The summed E-state index contributed by atoms with van der Waals surface area (Å²) in [4.78, 5) is 34.5. The lowest BCUT2D eigenvalue weighted by atomic mass is 10.5. The number of amides is 4. The second-order valence-corrected chi connectivity index (χ2v) is 3.89. The molecule has 1 aliphatic rings. The average Bonchev–Trinajstić information content (AvgIpc) is 2.57. The molecule has 1 rings (SSSR count). The maximum Gasteiger partial charge on any atom is 0.316 e. The Bertz CT molecular complexity index is 281. The van der Waals surface area contributed by atoms with Gasteiger partial charge in [-0.3, -0.25) is 14.5 Å². The molecular weight excluding hydrogens is 234 g/mol. The molecule has 4 amide bonds. The van der Waals surface area contributed by atoms with Crippen LogP contribution in [0.4, 0.5) is 9.59 Å². The molecule has 8 heteroatoms. The normalized spacial score (nSPS) is 15.4. The van der Waals surface area contributed by atoms with E-state index in [-0.39, 0.29) is 36.7 Å². The summed E-state index contributed by atoms with van der Waals surface area (Å²) in [6, 6.07) is -0.395. The third-order valence-electron chi connectivity index (χ3n) is 1.84. The number of nitrogens with zero attached hydrogens (tertiary/aromatic N) is 1. The Morgan fingerprint density at radius 3 is 2.81 bits per heavy atom. The van der Waals surface area contributed by atoms with Gasteiger partial charge in [0.15, 0.2) is 0 Å². The van der Waals surface area contributed by atoms with Crippen molar-refractivity contribution in [3.8, 4) is 0 Å². The van der Waals surface area contributed by atoms with Crippen LogP contribution in [0.3, 0.4) is 0 Å². The summed E-state index contributed by atoms with van der Waals surface area (Å²) in [7, 11) is 1.46. The molecule has 0 saturated carbocycles. The van der Waals surface area contributed by atoms with Crippen molar-refractivity contribution in [1.82, 2.24) is 15.5 Å². The first-order valence-corrected chi connectivity index (χ1v) is 5.61. The van der Waals surface area contributed by atoms with Crippen molar-refractivity contribution < 1.29 is 19.1 Å². The number of rotatable bonds is 5. The lowest BCUT2D eigenvalue weighted by Crippen LogP contribution is -2.42. The van der Waals surface area contributed by atoms with Crippen LogP contribution in [0, 0.1) is 0 Å². The number of hydrogen-bond acceptors (Lipinski definition) is 5. The van der Waals surface area contributed by atoms with Crippen LogP contribution < -0.4 is 10.6 Å². The second kappa shape index (κ2) is 6.33. The molecule has 2 N–H and O–H groups in total. The number of hydrogen-bond donors (Lipinski definition) is 2. The monoisotopic (exact) mass is 247 g/mol. The van der Waals surface area contributed by atoms with Gasteiger partial charge in [-0.25, -0.2) is 4.79 Å². The van der Waals surface area contributed by atoms with E-state index >= 15 is 0 Å². The number of ether oxygens (including phenoxy) is 1. The highest BCUT2D eigenvalue weighted by atomic mass is 32.2.